The van der Waals surface area contributed by atoms with Crippen LogP contribution in [0.15, 0.2) is 30.3 Å². The van der Waals surface area contributed by atoms with Crippen LogP contribution in [-0.4, -0.2) is 46.2 Å². The lowest BCUT2D eigenvalue weighted by molar-refractivity contribution is -0.175. The number of rotatable bonds is 4. The number of benzene rings is 1. The Morgan fingerprint density at radius 2 is 1.91 bits per heavy atom. The van der Waals surface area contributed by atoms with Crippen molar-refractivity contribution in [1.82, 2.24) is 9.80 Å². The van der Waals surface area contributed by atoms with Crippen LogP contribution in [0, 0.1) is 5.92 Å². The van der Waals surface area contributed by atoms with E-state index >= 15 is 0 Å². The smallest absolute Gasteiger partial charge is 0.242 e. The number of β-lactam (4-membered cyclic amide) rings is 1. The predicted molar refractivity (Wildman–Crippen MR) is 90.7 cm³/mol. The molecule has 4 nitrogen and oxygen atoms in total. The Bertz CT molecular complexity index is 570. The molecular formula is C19H28N2O2. The molecule has 2 saturated heterocycles. The van der Waals surface area contributed by atoms with Crippen molar-refractivity contribution < 1.29 is 9.53 Å². The minimum atomic E-state index is -0.373. The molecular weight excluding hydrogens is 288 g/mol. The van der Waals surface area contributed by atoms with Crippen LogP contribution in [0.3, 0.4) is 0 Å². The van der Waals surface area contributed by atoms with Gasteiger partial charge in [-0.05, 0) is 32.3 Å². The molecule has 23 heavy (non-hydrogen) atoms. The maximum absolute atomic E-state index is 12.8. The Balaban J connectivity index is 1.76. The van der Waals surface area contributed by atoms with E-state index in [4.69, 9.17) is 4.74 Å². The lowest BCUT2D eigenvalue weighted by Crippen LogP contribution is -2.72. The Hall–Kier alpha value is -1.39. The quantitative estimate of drug-likeness (QED) is 0.801. The first kappa shape index (κ1) is 16.5. The van der Waals surface area contributed by atoms with Crippen molar-refractivity contribution >= 4 is 5.91 Å². The summed E-state index contributed by atoms with van der Waals surface area (Å²) in [4.78, 5) is 17.1. The molecule has 1 aromatic carbocycles. The second-order valence-electron chi connectivity index (χ2n) is 7.61. The molecule has 3 atom stereocenters. The molecule has 0 radical (unpaired) electrons. The fraction of sp³-hybridized carbons (Fsp3) is 0.632. The molecule has 0 spiro atoms. The zero-order valence-corrected chi connectivity index (χ0v) is 14.8. The minimum absolute atomic E-state index is 0.0661. The molecule has 2 aliphatic rings. The van der Waals surface area contributed by atoms with Gasteiger partial charge < -0.3 is 9.64 Å². The number of hydrogen-bond acceptors (Lipinski definition) is 3. The number of likely N-dealkylation sites (tertiary alicyclic amines) is 1. The molecule has 1 amide bonds. The molecule has 2 heterocycles. The van der Waals surface area contributed by atoms with Crippen molar-refractivity contribution in [3.05, 3.63) is 35.9 Å². The molecule has 0 unspecified atom stereocenters. The third-order valence-electron chi connectivity index (χ3n) is 5.34. The SMILES string of the molecule is CC(C)[C@H]1COC(C)(C)N1[C@@H]1C(=O)N(Cc2ccccc2)[C@H]1C. The van der Waals surface area contributed by atoms with E-state index in [0.717, 1.165) is 0 Å². The average molecular weight is 316 g/mol. The van der Waals surface area contributed by atoms with Crippen LogP contribution in [0.1, 0.15) is 40.2 Å². The van der Waals surface area contributed by atoms with Crippen molar-refractivity contribution in [2.24, 2.45) is 5.92 Å². The summed E-state index contributed by atoms with van der Waals surface area (Å²) in [5, 5.41) is 0. The van der Waals surface area contributed by atoms with Gasteiger partial charge in [-0.15, -0.1) is 0 Å². The van der Waals surface area contributed by atoms with Gasteiger partial charge >= 0.3 is 0 Å². The summed E-state index contributed by atoms with van der Waals surface area (Å²) < 4.78 is 5.99. The number of amides is 1. The summed E-state index contributed by atoms with van der Waals surface area (Å²) in [7, 11) is 0. The Labute approximate surface area is 139 Å². The standard InChI is InChI=1S/C19H28N2O2/c1-13(2)16-12-23-19(4,5)21(16)17-14(3)20(18(17)22)11-15-9-7-6-8-10-15/h6-10,13-14,16-17H,11-12H2,1-5H3/t14-,16+,17-/m0/s1. The molecule has 0 aliphatic carbocycles. The second kappa shape index (κ2) is 5.91. The van der Waals surface area contributed by atoms with Gasteiger partial charge in [-0.2, -0.15) is 0 Å². The van der Waals surface area contributed by atoms with Crippen LogP contribution in [0.25, 0.3) is 0 Å². The highest BCUT2D eigenvalue weighted by Crippen LogP contribution is 2.39. The van der Waals surface area contributed by atoms with Crippen molar-refractivity contribution in [2.75, 3.05) is 6.61 Å². The summed E-state index contributed by atoms with van der Waals surface area (Å²) in [6, 6.07) is 10.7. The van der Waals surface area contributed by atoms with E-state index in [9.17, 15) is 4.79 Å². The zero-order chi connectivity index (χ0) is 16.8. The zero-order valence-electron chi connectivity index (χ0n) is 14.8. The van der Waals surface area contributed by atoms with Gasteiger partial charge in [-0.25, -0.2) is 0 Å². The largest absolute Gasteiger partial charge is 0.359 e. The molecule has 2 fully saturated rings. The number of hydrogen-bond donors (Lipinski definition) is 0. The predicted octanol–water partition coefficient (Wildman–Crippen LogP) is 2.88. The maximum Gasteiger partial charge on any atom is 0.242 e. The monoisotopic (exact) mass is 316 g/mol. The van der Waals surface area contributed by atoms with Crippen molar-refractivity contribution in [3.8, 4) is 0 Å². The summed E-state index contributed by atoms with van der Waals surface area (Å²) in [6.07, 6.45) is 0. The van der Waals surface area contributed by atoms with Gasteiger partial charge in [0.2, 0.25) is 5.91 Å². The average Bonchev–Trinajstić information content (AvgIpc) is 2.82. The van der Waals surface area contributed by atoms with E-state index in [1.54, 1.807) is 0 Å². The first-order chi connectivity index (χ1) is 10.8. The summed E-state index contributed by atoms with van der Waals surface area (Å²) in [6.45, 7) is 12.1. The molecule has 0 saturated carbocycles. The molecule has 1 aromatic rings. The number of nitrogens with zero attached hydrogens (tertiary/aromatic N) is 2. The maximum atomic E-state index is 12.8. The topological polar surface area (TPSA) is 32.8 Å². The highest BCUT2D eigenvalue weighted by molar-refractivity contribution is 5.89. The molecule has 2 aliphatic heterocycles. The fourth-order valence-corrected chi connectivity index (χ4v) is 3.92. The van der Waals surface area contributed by atoms with Gasteiger partial charge in [0.25, 0.3) is 0 Å². The summed E-state index contributed by atoms with van der Waals surface area (Å²) in [5.74, 6) is 0.700. The van der Waals surface area contributed by atoms with E-state index in [-0.39, 0.29) is 23.7 Å². The van der Waals surface area contributed by atoms with Gasteiger partial charge in [0, 0.05) is 12.6 Å². The van der Waals surface area contributed by atoms with Gasteiger partial charge in [0.05, 0.1) is 12.6 Å². The van der Waals surface area contributed by atoms with Crippen LogP contribution in [-0.2, 0) is 16.1 Å². The van der Waals surface area contributed by atoms with Crippen molar-refractivity contribution in [2.45, 2.75) is 65.0 Å². The van der Waals surface area contributed by atoms with Crippen LogP contribution in [0.2, 0.25) is 0 Å². The first-order valence-electron chi connectivity index (χ1n) is 8.59. The summed E-state index contributed by atoms with van der Waals surface area (Å²) >= 11 is 0. The lowest BCUT2D eigenvalue weighted by Gasteiger charge is -2.53. The molecule has 0 bridgehead atoms. The lowest BCUT2D eigenvalue weighted by atomic mass is 9.89. The van der Waals surface area contributed by atoms with Crippen LogP contribution >= 0.6 is 0 Å². The number of carbonyl (C=O) groups excluding carboxylic acids is 1. The van der Waals surface area contributed by atoms with Gasteiger partial charge in [0.15, 0.2) is 0 Å². The van der Waals surface area contributed by atoms with E-state index < -0.39 is 0 Å². The number of carbonyl (C=O) groups is 1. The highest BCUT2D eigenvalue weighted by atomic mass is 16.5. The van der Waals surface area contributed by atoms with Gasteiger partial charge in [-0.1, -0.05) is 44.2 Å². The molecule has 3 rings (SSSR count). The highest BCUT2D eigenvalue weighted by Gasteiger charge is 2.56. The van der Waals surface area contributed by atoms with Crippen LogP contribution in [0.5, 0.6) is 0 Å². The Morgan fingerprint density at radius 3 is 2.48 bits per heavy atom. The third-order valence-corrected chi connectivity index (χ3v) is 5.34. The Morgan fingerprint density at radius 1 is 1.26 bits per heavy atom. The fourth-order valence-electron chi connectivity index (χ4n) is 3.92. The molecule has 4 heteroatoms. The minimum Gasteiger partial charge on any atom is -0.359 e. The normalized spacial score (nSPS) is 30.8. The van der Waals surface area contributed by atoms with E-state index in [0.29, 0.717) is 25.1 Å². The van der Waals surface area contributed by atoms with Gasteiger partial charge in [0.1, 0.15) is 11.8 Å². The van der Waals surface area contributed by atoms with E-state index in [1.165, 1.54) is 5.56 Å². The molecule has 0 N–H and O–H groups in total. The van der Waals surface area contributed by atoms with E-state index in [2.05, 4.69) is 51.7 Å². The third kappa shape index (κ3) is 2.79. The van der Waals surface area contributed by atoms with Crippen LogP contribution < -0.4 is 0 Å². The molecule has 0 aromatic heterocycles. The first-order valence-corrected chi connectivity index (χ1v) is 8.59. The van der Waals surface area contributed by atoms with Gasteiger partial charge in [-0.3, -0.25) is 9.69 Å². The Kier molecular flexibility index (Phi) is 4.23. The van der Waals surface area contributed by atoms with E-state index in [1.807, 2.05) is 23.1 Å². The van der Waals surface area contributed by atoms with Crippen molar-refractivity contribution in [3.63, 3.8) is 0 Å². The second-order valence-corrected chi connectivity index (χ2v) is 7.61. The molecule has 126 valence electrons. The summed E-state index contributed by atoms with van der Waals surface area (Å²) in [5.41, 5.74) is 0.811. The number of ether oxygens (including phenoxy) is 1. The van der Waals surface area contributed by atoms with Crippen molar-refractivity contribution in [1.29, 1.82) is 0 Å². The van der Waals surface area contributed by atoms with Crippen LogP contribution in [0.4, 0.5) is 0 Å².